The van der Waals surface area contributed by atoms with E-state index in [1.54, 1.807) is 6.20 Å². The van der Waals surface area contributed by atoms with Gasteiger partial charge in [0.25, 0.3) is 0 Å². The number of anilines is 4. The smallest absolute Gasteiger partial charge is 0.247 e. The quantitative estimate of drug-likeness (QED) is 0.304. The van der Waals surface area contributed by atoms with Crippen LogP contribution in [0.1, 0.15) is 11.3 Å². The van der Waals surface area contributed by atoms with Gasteiger partial charge in [0.1, 0.15) is 0 Å². The molecule has 0 aliphatic carbocycles. The highest BCUT2D eigenvalue weighted by atomic mass is 16.5. The topological polar surface area (TPSA) is 87.5 Å². The number of carbonyl (C=O) groups excluding carboxylic acids is 1. The van der Waals surface area contributed by atoms with E-state index < -0.39 is 0 Å². The molecule has 202 valence electrons. The second-order valence-electron chi connectivity index (χ2n) is 10.0. The Morgan fingerprint density at radius 2 is 1.97 bits per heavy atom. The maximum absolute atomic E-state index is 12.3. The van der Waals surface area contributed by atoms with Crippen molar-refractivity contribution in [3.63, 3.8) is 0 Å². The van der Waals surface area contributed by atoms with Crippen molar-refractivity contribution in [3.8, 4) is 11.3 Å². The van der Waals surface area contributed by atoms with Crippen LogP contribution < -0.4 is 15.5 Å². The molecule has 2 aromatic carbocycles. The number of ether oxygens (including phenoxy) is 1. The molecular weight excluding hydrogens is 490 g/mol. The van der Waals surface area contributed by atoms with Crippen molar-refractivity contribution in [1.82, 2.24) is 19.4 Å². The Morgan fingerprint density at radius 3 is 2.77 bits per heavy atom. The van der Waals surface area contributed by atoms with Gasteiger partial charge in [-0.2, -0.15) is 0 Å². The number of nitrogens with zero attached hydrogens (tertiary/aromatic N) is 5. The first-order valence-electron chi connectivity index (χ1n) is 13.1. The molecule has 9 nitrogen and oxygen atoms in total. The van der Waals surface area contributed by atoms with Gasteiger partial charge >= 0.3 is 0 Å². The first-order chi connectivity index (χ1) is 18.9. The summed E-state index contributed by atoms with van der Waals surface area (Å²) < 4.78 is 8.14. The Morgan fingerprint density at radius 1 is 1.15 bits per heavy atom. The molecule has 1 aliphatic heterocycles. The van der Waals surface area contributed by atoms with Gasteiger partial charge in [-0.3, -0.25) is 4.79 Å². The molecule has 9 heteroatoms. The molecule has 3 heterocycles. The van der Waals surface area contributed by atoms with E-state index in [2.05, 4.69) is 66.9 Å². The lowest BCUT2D eigenvalue weighted by molar-refractivity contribution is -0.111. The van der Waals surface area contributed by atoms with Crippen LogP contribution in [-0.2, 0) is 22.7 Å². The van der Waals surface area contributed by atoms with Crippen LogP contribution in [0.2, 0.25) is 0 Å². The van der Waals surface area contributed by atoms with E-state index in [-0.39, 0.29) is 5.91 Å². The fourth-order valence-corrected chi connectivity index (χ4v) is 4.95. The van der Waals surface area contributed by atoms with Crippen molar-refractivity contribution in [2.75, 3.05) is 56.4 Å². The summed E-state index contributed by atoms with van der Waals surface area (Å²) in [6.07, 6.45) is 3.04. The van der Waals surface area contributed by atoms with E-state index in [1.807, 2.05) is 40.2 Å². The van der Waals surface area contributed by atoms with Gasteiger partial charge in [0.05, 0.1) is 36.0 Å². The number of benzene rings is 2. The van der Waals surface area contributed by atoms with E-state index in [4.69, 9.17) is 9.72 Å². The molecule has 1 amide bonds. The number of nitrogens with one attached hydrogen (secondary N) is 2. The van der Waals surface area contributed by atoms with Gasteiger partial charge in [-0.25, -0.2) is 9.97 Å². The third-order valence-electron chi connectivity index (χ3n) is 7.01. The van der Waals surface area contributed by atoms with Crippen LogP contribution in [0.15, 0.2) is 61.3 Å². The largest absolute Gasteiger partial charge is 0.373 e. The van der Waals surface area contributed by atoms with Crippen LogP contribution in [0.25, 0.3) is 22.2 Å². The number of fused-ring (bicyclic) bond motifs is 3. The van der Waals surface area contributed by atoms with Crippen molar-refractivity contribution in [2.45, 2.75) is 20.1 Å². The lowest BCUT2D eigenvalue weighted by Gasteiger charge is -2.25. The highest BCUT2D eigenvalue weighted by Crippen LogP contribution is 2.37. The van der Waals surface area contributed by atoms with Crippen LogP contribution in [0.3, 0.4) is 0 Å². The molecule has 0 bridgehead atoms. The van der Waals surface area contributed by atoms with Gasteiger partial charge in [-0.1, -0.05) is 24.8 Å². The summed E-state index contributed by atoms with van der Waals surface area (Å²) in [4.78, 5) is 26.0. The lowest BCUT2D eigenvalue weighted by Crippen LogP contribution is -2.29. The van der Waals surface area contributed by atoms with Crippen molar-refractivity contribution in [2.24, 2.45) is 0 Å². The zero-order valence-electron chi connectivity index (χ0n) is 23.0. The second kappa shape index (κ2) is 11.3. The molecule has 39 heavy (non-hydrogen) atoms. The molecule has 5 rings (SSSR count). The number of hydrogen-bond donors (Lipinski definition) is 2. The van der Waals surface area contributed by atoms with Crippen LogP contribution >= 0.6 is 0 Å². The SMILES string of the molecule is C=CC(=O)Nc1cc(Nc2nccc(-c3c4n(c5ccccc35)CCOC4)n2)c(C)cc1N(C)CCN(C)C. The standard InChI is InChI=1S/C30H35N7O2/c1-6-28(38)32-24-18-23(20(2)17-26(24)36(5)14-13-35(3)4)34-30-31-12-11-22(33-30)29-21-9-7-8-10-25(21)37-15-16-39-19-27(29)37/h6-12,17-18H,1,13-16,19H2,2-5H3,(H,32,38)(H,31,33,34). The van der Waals surface area contributed by atoms with Crippen LogP contribution in [0.5, 0.6) is 0 Å². The Labute approximate surface area is 229 Å². The van der Waals surface area contributed by atoms with Gasteiger partial charge in [0, 0.05) is 55.0 Å². The highest BCUT2D eigenvalue weighted by Gasteiger charge is 2.22. The fourth-order valence-electron chi connectivity index (χ4n) is 4.95. The Balaban J connectivity index is 1.50. The van der Waals surface area contributed by atoms with Crippen molar-refractivity contribution in [1.29, 1.82) is 0 Å². The van der Waals surface area contributed by atoms with Crippen LogP contribution in [0, 0.1) is 6.92 Å². The van der Waals surface area contributed by atoms with Crippen molar-refractivity contribution < 1.29 is 9.53 Å². The van der Waals surface area contributed by atoms with E-state index in [1.165, 1.54) is 11.6 Å². The Kier molecular flexibility index (Phi) is 7.63. The first-order valence-corrected chi connectivity index (χ1v) is 13.1. The number of aromatic nitrogens is 3. The molecule has 2 aromatic heterocycles. The van der Waals surface area contributed by atoms with E-state index in [0.717, 1.165) is 58.9 Å². The normalized spacial score (nSPS) is 12.8. The fraction of sp³-hybridized carbons (Fsp3) is 0.300. The molecular formula is C30H35N7O2. The number of carbonyl (C=O) groups is 1. The molecule has 2 N–H and O–H groups in total. The molecule has 0 spiro atoms. The third-order valence-corrected chi connectivity index (χ3v) is 7.01. The maximum Gasteiger partial charge on any atom is 0.247 e. The molecule has 0 saturated carbocycles. The minimum Gasteiger partial charge on any atom is -0.373 e. The zero-order valence-corrected chi connectivity index (χ0v) is 23.0. The van der Waals surface area contributed by atoms with Crippen LogP contribution in [0.4, 0.5) is 23.0 Å². The summed E-state index contributed by atoms with van der Waals surface area (Å²) in [6, 6.07) is 14.3. The molecule has 0 fully saturated rings. The molecule has 0 radical (unpaired) electrons. The zero-order chi connectivity index (χ0) is 27.5. The summed E-state index contributed by atoms with van der Waals surface area (Å²) >= 11 is 0. The Bertz CT molecular complexity index is 1530. The maximum atomic E-state index is 12.3. The minimum absolute atomic E-state index is 0.266. The lowest BCUT2D eigenvalue weighted by atomic mass is 10.1. The number of hydrogen-bond acceptors (Lipinski definition) is 7. The van der Waals surface area contributed by atoms with Crippen molar-refractivity contribution in [3.05, 3.63) is 72.6 Å². The first kappa shape index (κ1) is 26.4. The summed E-state index contributed by atoms with van der Waals surface area (Å²) in [5.41, 5.74) is 7.65. The molecule has 0 saturated heterocycles. The predicted molar refractivity (Wildman–Crippen MR) is 158 cm³/mol. The van der Waals surface area contributed by atoms with Gasteiger partial charge in [0.2, 0.25) is 11.9 Å². The van der Waals surface area contributed by atoms with E-state index >= 15 is 0 Å². The van der Waals surface area contributed by atoms with Crippen molar-refractivity contribution >= 4 is 39.8 Å². The van der Waals surface area contributed by atoms with Crippen LogP contribution in [-0.4, -0.2) is 66.2 Å². The van der Waals surface area contributed by atoms with Gasteiger partial charge < -0.3 is 29.7 Å². The van der Waals surface area contributed by atoms with Gasteiger partial charge in [0.15, 0.2) is 0 Å². The monoisotopic (exact) mass is 525 g/mol. The number of amides is 1. The highest BCUT2D eigenvalue weighted by molar-refractivity contribution is 6.02. The molecule has 4 aromatic rings. The number of para-hydroxylation sites is 1. The second-order valence-corrected chi connectivity index (χ2v) is 10.0. The van der Waals surface area contributed by atoms with E-state index in [0.29, 0.717) is 24.8 Å². The van der Waals surface area contributed by atoms with Gasteiger partial charge in [-0.05, 0) is 56.9 Å². The number of likely N-dealkylation sites (N-methyl/N-ethyl adjacent to an activating group) is 2. The summed E-state index contributed by atoms with van der Waals surface area (Å²) in [5.74, 6) is 0.212. The average Bonchev–Trinajstić information content (AvgIpc) is 3.28. The van der Waals surface area contributed by atoms with E-state index in [9.17, 15) is 4.79 Å². The minimum atomic E-state index is -0.266. The number of aryl methyl sites for hydroxylation is 1. The summed E-state index contributed by atoms with van der Waals surface area (Å²) in [7, 11) is 6.11. The Hall–Kier alpha value is -4.21. The molecule has 0 atom stereocenters. The summed E-state index contributed by atoms with van der Waals surface area (Å²) in [6.45, 7) is 9.39. The number of rotatable bonds is 9. The predicted octanol–water partition coefficient (Wildman–Crippen LogP) is 4.80. The average molecular weight is 526 g/mol. The summed E-state index contributed by atoms with van der Waals surface area (Å²) in [5, 5.41) is 7.50. The molecule has 0 unspecified atom stereocenters. The third kappa shape index (κ3) is 5.50. The van der Waals surface area contributed by atoms with Gasteiger partial charge in [-0.15, -0.1) is 0 Å². The molecule has 1 aliphatic rings.